The first-order chi connectivity index (χ1) is 10.4. The number of rotatable bonds is 8. The number of nitrogens with zero attached hydrogens (tertiary/aromatic N) is 1. The Hall–Kier alpha value is -1.86. The van der Waals surface area contributed by atoms with Gasteiger partial charge >= 0.3 is 0 Å². The molecule has 0 saturated carbocycles. The fourth-order valence-electron chi connectivity index (χ4n) is 1.50. The molecule has 0 fully saturated rings. The smallest absolute Gasteiger partial charge is 0.221 e. The van der Waals surface area contributed by atoms with Gasteiger partial charge in [0, 0.05) is 10.5 Å². The van der Waals surface area contributed by atoms with E-state index in [1.54, 1.807) is 0 Å². The van der Waals surface area contributed by atoms with Gasteiger partial charge in [0.15, 0.2) is 0 Å². The maximum absolute atomic E-state index is 11.6. The summed E-state index contributed by atoms with van der Waals surface area (Å²) in [5.74, 6) is -0.334. The molecule has 1 N–H and O–H groups in total. The van der Waals surface area contributed by atoms with Crippen molar-refractivity contribution in [2.45, 2.75) is 38.8 Å². The highest BCUT2D eigenvalue weighted by atomic mass is 16.5. The molecule has 0 heterocycles. The molecule has 0 spiro atoms. The zero-order valence-electron chi connectivity index (χ0n) is 13.8. The van der Waals surface area contributed by atoms with Crippen LogP contribution < -0.4 is 5.32 Å². The van der Waals surface area contributed by atoms with Gasteiger partial charge in [-0.2, -0.15) is 5.26 Å². The Morgan fingerprint density at radius 2 is 2.32 bits per heavy atom. The van der Waals surface area contributed by atoms with Crippen LogP contribution in [0.5, 0.6) is 0 Å². The number of carbonyl (C=O) groups is 1. The number of hydrogen-bond acceptors (Lipinski definition) is 3. The summed E-state index contributed by atoms with van der Waals surface area (Å²) in [6, 6.07) is 10.7. The fourth-order valence-corrected chi connectivity index (χ4v) is 1.50. The number of nitriles is 1. The number of nitrogens with one attached hydrogen (secondary N) is 1. The van der Waals surface area contributed by atoms with E-state index in [2.05, 4.69) is 5.32 Å². The average molecular weight is 263 g/mol. The Morgan fingerprint density at radius 3 is 3.00 bits per heavy atom. The molecular weight excluding hydrogens is 240 g/mol. The predicted octanol–water partition coefficient (Wildman–Crippen LogP) is 2.40. The number of benzene rings is 1. The quantitative estimate of drug-likeness (QED) is 0.783. The van der Waals surface area contributed by atoms with Gasteiger partial charge in [0.1, 0.15) is 6.04 Å². The molecule has 1 unspecified atom stereocenters. The summed E-state index contributed by atoms with van der Waals surface area (Å²) in [5.41, 5.74) is 0.989. The summed E-state index contributed by atoms with van der Waals surface area (Å²) in [5, 5.41) is 11.5. The lowest BCUT2D eigenvalue weighted by Crippen LogP contribution is -2.36. The largest absolute Gasteiger partial charge is 0.374 e. The Labute approximate surface area is 118 Å². The normalized spacial score (nSPS) is 14.6. The molecule has 0 bridgehead atoms. The third-order valence-electron chi connectivity index (χ3n) is 2.47. The lowest BCUT2D eigenvalue weighted by atomic mass is 10.2. The first-order valence-electron chi connectivity index (χ1n) is 7.71. The molecule has 0 saturated heterocycles. The van der Waals surface area contributed by atoms with Gasteiger partial charge in [-0.25, -0.2) is 0 Å². The lowest BCUT2D eigenvalue weighted by Gasteiger charge is -2.12. The maximum Gasteiger partial charge on any atom is 0.221 e. The van der Waals surface area contributed by atoms with Crippen LogP contribution in [0.1, 0.15) is 35.8 Å². The zero-order valence-corrected chi connectivity index (χ0v) is 10.8. The molecule has 0 aliphatic rings. The summed E-state index contributed by atoms with van der Waals surface area (Å²) in [4.78, 5) is 11.6. The molecule has 0 aliphatic heterocycles. The third kappa shape index (κ3) is 6.58. The Morgan fingerprint density at radius 1 is 1.53 bits per heavy atom. The number of carbonyl (C=O) groups excluding carboxylic acids is 1. The van der Waals surface area contributed by atoms with Crippen LogP contribution in [0.2, 0.25) is 0 Å². The average Bonchev–Trinajstić information content (AvgIpc) is 2.46. The summed E-state index contributed by atoms with van der Waals surface area (Å²) in [6.07, 6.45) is 0.350. The van der Waals surface area contributed by atoms with E-state index >= 15 is 0 Å². The van der Waals surface area contributed by atoms with Crippen molar-refractivity contribution in [2.24, 2.45) is 0 Å². The summed E-state index contributed by atoms with van der Waals surface area (Å²) in [7, 11) is 0. The van der Waals surface area contributed by atoms with E-state index in [-0.39, 0.29) is 31.8 Å². The molecule has 0 aromatic heterocycles. The molecule has 19 heavy (non-hydrogen) atoms. The van der Waals surface area contributed by atoms with E-state index in [0.717, 1.165) is 5.56 Å². The second-order valence-corrected chi connectivity index (χ2v) is 4.10. The van der Waals surface area contributed by atoms with E-state index in [1.165, 1.54) is 0 Å². The summed E-state index contributed by atoms with van der Waals surface area (Å²) in [6.45, 7) is -1.56. The molecule has 102 valence electrons. The van der Waals surface area contributed by atoms with Crippen molar-refractivity contribution >= 4 is 5.91 Å². The number of hydrogen-bond donors (Lipinski definition) is 1. The molecule has 1 aromatic rings. The molecule has 1 rings (SSSR count). The van der Waals surface area contributed by atoms with E-state index in [4.69, 9.17) is 14.1 Å². The Balaban J connectivity index is 2.24. The van der Waals surface area contributed by atoms with Gasteiger partial charge in [-0.05, 0) is 12.0 Å². The monoisotopic (exact) mass is 263 g/mol. The van der Waals surface area contributed by atoms with E-state index in [0.29, 0.717) is 6.61 Å². The van der Waals surface area contributed by atoms with Crippen molar-refractivity contribution in [3.63, 3.8) is 0 Å². The van der Waals surface area contributed by atoms with Gasteiger partial charge < -0.3 is 10.1 Å². The minimum atomic E-state index is -2.02. The number of amides is 1. The minimum Gasteiger partial charge on any atom is -0.374 e. The second kappa shape index (κ2) is 9.12. The highest BCUT2D eigenvalue weighted by Gasteiger charge is 2.10. The molecule has 1 atom stereocenters. The molecule has 4 nitrogen and oxygen atoms in total. The van der Waals surface area contributed by atoms with Crippen LogP contribution >= 0.6 is 0 Å². The minimum absolute atomic E-state index is 0.0118. The van der Waals surface area contributed by atoms with E-state index in [9.17, 15) is 4.79 Å². The Kier molecular flexibility index (Phi) is 5.28. The summed E-state index contributed by atoms with van der Waals surface area (Å²) >= 11 is 0. The van der Waals surface area contributed by atoms with Gasteiger partial charge in [-0.15, -0.1) is 0 Å². The van der Waals surface area contributed by atoms with Crippen molar-refractivity contribution in [3.8, 4) is 6.07 Å². The second-order valence-electron chi connectivity index (χ2n) is 4.10. The van der Waals surface area contributed by atoms with Crippen LogP contribution in [-0.2, 0) is 16.1 Å². The van der Waals surface area contributed by atoms with Gasteiger partial charge in [0.05, 0.1) is 19.3 Å². The van der Waals surface area contributed by atoms with Crippen LogP contribution in [-0.4, -0.2) is 18.6 Å². The first kappa shape index (κ1) is 11.0. The van der Waals surface area contributed by atoms with Crippen LogP contribution in [0.4, 0.5) is 0 Å². The Bertz CT molecular complexity index is 498. The maximum atomic E-state index is 11.6. The van der Waals surface area contributed by atoms with Crippen LogP contribution in [0.25, 0.3) is 0 Å². The number of ether oxygens (including phenoxy) is 1. The molecule has 4 heteroatoms. The highest BCUT2D eigenvalue weighted by molar-refractivity contribution is 5.76. The van der Waals surface area contributed by atoms with Gasteiger partial charge in [-0.3, -0.25) is 4.79 Å². The van der Waals surface area contributed by atoms with Gasteiger partial charge in [0.25, 0.3) is 0 Å². The van der Waals surface area contributed by atoms with E-state index in [1.807, 2.05) is 36.4 Å². The van der Waals surface area contributed by atoms with Crippen molar-refractivity contribution < 1.29 is 13.6 Å². The molecule has 0 aliphatic carbocycles. The molecule has 1 amide bonds. The first-order valence-corrected chi connectivity index (χ1v) is 6.21. The van der Waals surface area contributed by atoms with Crippen molar-refractivity contribution in [1.29, 1.82) is 5.26 Å². The highest BCUT2D eigenvalue weighted by Crippen LogP contribution is 2.01. The topological polar surface area (TPSA) is 62.1 Å². The molecular formula is C15H20N2O2. The third-order valence-corrected chi connectivity index (χ3v) is 2.47. The lowest BCUT2D eigenvalue weighted by molar-refractivity contribution is -0.122. The van der Waals surface area contributed by atoms with Crippen molar-refractivity contribution in [1.82, 2.24) is 5.32 Å². The zero-order chi connectivity index (χ0) is 16.4. The van der Waals surface area contributed by atoms with Gasteiger partial charge in [0.2, 0.25) is 5.91 Å². The molecule has 1 aromatic carbocycles. The van der Waals surface area contributed by atoms with Gasteiger partial charge in [-0.1, -0.05) is 43.6 Å². The predicted molar refractivity (Wildman–Crippen MR) is 73.2 cm³/mol. The summed E-state index contributed by atoms with van der Waals surface area (Å²) < 4.78 is 26.6. The van der Waals surface area contributed by atoms with E-state index < -0.39 is 12.9 Å². The van der Waals surface area contributed by atoms with Crippen LogP contribution in [0.3, 0.4) is 0 Å². The van der Waals surface area contributed by atoms with Crippen molar-refractivity contribution in [3.05, 3.63) is 35.9 Å². The van der Waals surface area contributed by atoms with Crippen molar-refractivity contribution in [2.75, 3.05) is 6.61 Å². The van der Waals surface area contributed by atoms with Crippen LogP contribution in [0.15, 0.2) is 30.3 Å². The van der Waals surface area contributed by atoms with Crippen LogP contribution in [0, 0.1) is 11.3 Å². The standard InChI is InChI=1S/C15H20N2O2/c1-2-3-9-15(18)17-14(10-16)12-19-11-13-7-5-4-6-8-13/h4-8,14H,2-3,9,11-12H2,1H3,(H,17,18)/i1D3. The fraction of sp³-hybridized carbons (Fsp3) is 0.467. The molecule has 0 radical (unpaired) electrons. The SMILES string of the molecule is [2H]C([2H])([2H])CCCC(=O)NC(C#N)COCc1ccccc1.